The zero-order chi connectivity index (χ0) is 25.1. The second kappa shape index (κ2) is 10.3. The fraction of sp³-hybridized carbons (Fsp3) is 0.500. The maximum Gasteiger partial charge on any atom is 0.410 e. The molecule has 0 unspecified atom stereocenters. The Morgan fingerprint density at radius 2 is 1.86 bits per heavy atom. The number of nitrogens with zero attached hydrogens (tertiary/aromatic N) is 4. The van der Waals surface area contributed by atoms with Gasteiger partial charge in [0.15, 0.2) is 0 Å². The van der Waals surface area contributed by atoms with E-state index in [2.05, 4.69) is 32.7 Å². The zero-order valence-corrected chi connectivity index (χ0v) is 21.5. The summed E-state index contributed by atoms with van der Waals surface area (Å²) in [4.78, 5) is 28.2. The van der Waals surface area contributed by atoms with Crippen molar-refractivity contribution in [2.75, 3.05) is 23.7 Å². The SMILES string of the molecule is CC(C)(C)OC(=O)N1CC[C@@H](Nc2nc(-c3ccnc(NC4CCCCC4)c3)cc3cnccc23)C1. The number of hydrogen-bond donors (Lipinski definition) is 2. The number of likely N-dealkylation sites (tertiary alicyclic amines) is 1. The molecule has 0 aromatic carbocycles. The van der Waals surface area contributed by atoms with E-state index in [1.54, 1.807) is 11.1 Å². The van der Waals surface area contributed by atoms with Gasteiger partial charge in [-0.05, 0) is 64.3 Å². The Balaban J connectivity index is 1.36. The summed E-state index contributed by atoms with van der Waals surface area (Å²) in [7, 11) is 0. The van der Waals surface area contributed by atoms with Gasteiger partial charge in [-0.1, -0.05) is 19.3 Å². The van der Waals surface area contributed by atoms with Gasteiger partial charge in [0.05, 0.1) is 5.69 Å². The fourth-order valence-corrected chi connectivity index (χ4v) is 5.04. The molecule has 0 bridgehead atoms. The third kappa shape index (κ3) is 5.86. The molecular formula is C28H36N6O2. The third-order valence-corrected chi connectivity index (χ3v) is 6.83. The number of carbonyl (C=O) groups excluding carboxylic acids is 1. The summed E-state index contributed by atoms with van der Waals surface area (Å²) in [6.45, 7) is 6.91. The summed E-state index contributed by atoms with van der Waals surface area (Å²) >= 11 is 0. The zero-order valence-electron chi connectivity index (χ0n) is 21.5. The van der Waals surface area contributed by atoms with Gasteiger partial charge in [-0.3, -0.25) is 4.98 Å². The molecule has 2 N–H and O–H groups in total. The first kappa shape index (κ1) is 24.3. The number of nitrogens with one attached hydrogen (secondary N) is 2. The molecule has 190 valence electrons. The maximum absolute atomic E-state index is 12.5. The Morgan fingerprint density at radius 1 is 1.03 bits per heavy atom. The highest BCUT2D eigenvalue weighted by Gasteiger charge is 2.30. The van der Waals surface area contributed by atoms with E-state index in [1.807, 2.05) is 45.3 Å². The van der Waals surface area contributed by atoms with Gasteiger partial charge in [-0.25, -0.2) is 14.8 Å². The van der Waals surface area contributed by atoms with E-state index >= 15 is 0 Å². The lowest BCUT2D eigenvalue weighted by Crippen LogP contribution is -2.36. The van der Waals surface area contributed by atoms with Gasteiger partial charge in [0, 0.05) is 60.1 Å². The van der Waals surface area contributed by atoms with Crippen molar-refractivity contribution in [1.82, 2.24) is 19.9 Å². The molecule has 36 heavy (non-hydrogen) atoms. The number of rotatable bonds is 5. The van der Waals surface area contributed by atoms with Gasteiger partial charge in [0.25, 0.3) is 0 Å². The van der Waals surface area contributed by atoms with Crippen molar-refractivity contribution in [3.63, 3.8) is 0 Å². The van der Waals surface area contributed by atoms with Crippen molar-refractivity contribution in [3.8, 4) is 11.3 Å². The number of aromatic nitrogens is 3. The number of fused-ring (bicyclic) bond motifs is 1. The number of pyridine rings is 3. The Labute approximate surface area is 212 Å². The largest absolute Gasteiger partial charge is 0.444 e. The van der Waals surface area contributed by atoms with E-state index in [0.29, 0.717) is 19.1 Å². The minimum atomic E-state index is -0.503. The number of anilines is 2. The normalized spacial score (nSPS) is 18.9. The van der Waals surface area contributed by atoms with Crippen molar-refractivity contribution in [2.45, 2.75) is 77.0 Å². The minimum Gasteiger partial charge on any atom is -0.444 e. The molecule has 0 spiro atoms. The average Bonchev–Trinajstić information content (AvgIpc) is 3.33. The monoisotopic (exact) mass is 488 g/mol. The summed E-state index contributed by atoms with van der Waals surface area (Å²) in [6.07, 6.45) is 12.3. The number of amides is 1. The first-order chi connectivity index (χ1) is 17.3. The van der Waals surface area contributed by atoms with Crippen LogP contribution in [0.5, 0.6) is 0 Å². The maximum atomic E-state index is 12.5. The Kier molecular flexibility index (Phi) is 6.94. The Bertz CT molecular complexity index is 1220. The molecule has 0 radical (unpaired) electrons. The quantitative estimate of drug-likeness (QED) is 0.465. The van der Waals surface area contributed by atoms with Crippen LogP contribution in [-0.4, -0.2) is 56.7 Å². The van der Waals surface area contributed by atoms with E-state index < -0.39 is 5.60 Å². The standard InChI is InChI=1S/C28H36N6O2/c1-28(2,3)36-27(35)34-14-11-22(18-34)32-26-23-10-12-29-17-20(23)15-24(33-26)19-9-13-30-25(16-19)31-21-7-5-4-6-8-21/h9-10,12-13,15-17,21-22H,4-8,11,14,18H2,1-3H3,(H,30,31)(H,32,33)/t22-/m1/s1. The molecule has 1 saturated carbocycles. The highest BCUT2D eigenvalue weighted by atomic mass is 16.6. The lowest BCUT2D eigenvalue weighted by molar-refractivity contribution is 0.0293. The summed E-state index contributed by atoms with van der Waals surface area (Å²) in [6, 6.07) is 8.73. The van der Waals surface area contributed by atoms with Gasteiger partial charge in [0.2, 0.25) is 0 Å². The number of ether oxygens (including phenoxy) is 1. The number of carbonyl (C=O) groups is 1. The second-order valence-electron chi connectivity index (χ2n) is 10.9. The van der Waals surface area contributed by atoms with Gasteiger partial charge in [-0.2, -0.15) is 0 Å². The van der Waals surface area contributed by atoms with Crippen LogP contribution < -0.4 is 10.6 Å². The minimum absolute atomic E-state index is 0.0950. The van der Waals surface area contributed by atoms with Crippen LogP contribution in [-0.2, 0) is 4.74 Å². The van der Waals surface area contributed by atoms with Crippen LogP contribution in [0.4, 0.5) is 16.4 Å². The van der Waals surface area contributed by atoms with Crippen molar-refractivity contribution in [3.05, 3.63) is 42.9 Å². The van der Waals surface area contributed by atoms with Crippen LogP contribution >= 0.6 is 0 Å². The highest BCUT2D eigenvalue weighted by Crippen LogP contribution is 2.30. The molecule has 1 saturated heterocycles. The van der Waals surface area contributed by atoms with E-state index in [0.717, 1.165) is 40.1 Å². The van der Waals surface area contributed by atoms with Crippen molar-refractivity contribution in [1.29, 1.82) is 0 Å². The van der Waals surface area contributed by atoms with E-state index in [4.69, 9.17) is 9.72 Å². The lowest BCUT2D eigenvalue weighted by Gasteiger charge is -2.24. The lowest BCUT2D eigenvalue weighted by atomic mass is 9.95. The molecule has 1 amide bonds. The molecule has 1 aliphatic heterocycles. The van der Waals surface area contributed by atoms with Crippen molar-refractivity contribution >= 4 is 28.5 Å². The molecule has 1 aliphatic carbocycles. The average molecular weight is 489 g/mol. The fourth-order valence-electron chi connectivity index (χ4n) is 5.04. The molecule has 4 heterocycles. The Morgan fingerprint density at radius 3 is 2.67 bits per heavy atom. The van der Waals surface area contributed by atoms with Crippen LogP contribution in [0.2, 0.25) is 0 Å². The van der Waals surface area contributed by atoms with Crippen LogP contribution in [0.25, 0.3) is 22.0 Å². The van der Waals surface area contributed by atoms with Gasteiger partial charge >= 0.3 is 6.09 Å². The predicted octanol–water partition coefficient (Wildman–Crippen LogP) is 5.86. The van der Waals surface area contributed by atoms with E-state index in [9.17, 15) is 4.79 Å². The summed E-state index contributed by atoms with van der Waals surface area (Å²) in [5.74, 6) is 1.70. The molecule has 3 aromatic heterocycles. The van der Waals surface area contributed by atoms with Crippen LogP contribution in [0.15, 0.2) is 42.9 Å². The summed E-state index contributed by atoms with van der Waals surface area (Å²) in [5, 5.41) is 9.25. The summed E-state index contributed by atoms with van der Waals surface area (Å²) in [5.41, 5.74) is 1.38. The molecule has 5 rings (SSSR count). The van der Waals surface area contributed by atoms with E-state index in [-0.39, 0.29) is 12.1 Å². The number of hydrogen-bond acceptors (Lipinski definition) is 7. The van der Waals surface area contributed by atoms with E-state index in [1.165, 1.54) is 32.1 Å². The van der Waals surface area contributed by atoms with Crippen LogP contribution in [0.1, 0.15) is 59.3 Å². The van der Waals surface area contributed by atoms with Crippen LogP contribution in [0, 0.1) is 0 Å². The first-order valence-corrected chi connectivity index (χ1v) is 13.1. The second-order valence-corrected chi connectivity index (χ2v) is 10.9. The first-order valence-electron chi connectivity index (χ1n) is 13.1. The molecule has 2 fully saturated rings. The predicted molar refractivity (Wildman–Crippen MR) is 143 cm³/mol. The van der Waals surface area contributed by atoms with Gasteiger partial charge < -0.3 is 20.3 Å². The molecule has 8 nitrogen and oxygen atoms in total. The third-order valence-electron chi connectivity index (χ3n) is 6.83. The molecule has 8 heteroatoms. The van der Waals surface area contributed by atoms with Crippen molar-refractivity contribution < 1.29 is 9.53 Å². The molecule has 3 aromatic rings. The highest BCUT2D eigenvalue weighted by molar-refractivity contribution is 5.94. The van der Waals surface area contributed by atoms with Crippen molar-refractivity contribution in [2.24, 2.45) is 0 Å². The smallest absolute Gasteiger partial charge is 0.410 e. The summed E-state index contributed by atoms with van der Waals surface area (Å²) < 4.78 is 5.56. The topological polar surface area (TPSA) is 92.3 Å². The molecular weight excluding hydrogens is 452 g/mol. The van der Waals surface area contributed by atoms with Gasteiger partial charge in [0.1, 0.15) is 17.2 Å². The Hall–Kier alpha value is -3.42. The van der Waals surface area contributed by atoms with Gasteiger partial charge in [-0.15, -0.1) is 0 Å². The molecule has 1 atom stereocenters. The van der Waals surface area contributed by atoms with Crippen LogP contribution in [0.3, 0.4) is 0 Å². The molecule has 2 aliphatic rings.